The van der Waals surface area contributed by atoms with E-state index in [0.29, 0.717) is 29.8 Å². The third-order valence-electron chi connectivity index (χ3n) is 3.51. The van der Waals surface area contributed by atoms with E-state index in [-0.39, 0.29) is 36.6 Å². The Morgan fingerprint density at radius 3 is 2.41 bits per heavy atom. The van der Waals surface area contributed by atoms with Crippen molar-refractivity contribution >= 4 is 41.3 Å². The number of guanidine groups is 1. The fourth-order valence-corrected chi connectivity index (χ4v) is 2.89. The summed E-state index contributed by atoms with van der Waals surface area (Å²) in [5.41, 5.74) is -0.887. The Labute approximate surface area is 188 Å². The van der Waals surface area contributed by atoms with Crippen molar-refractivity contribution < 1.29 is 22.6 Å². The lowest BCUT2D eigenvalue weighted by Crippen LogP contribution is -2.41. The third kappa shape index (κ3) is 8.64. The van der Waals surface area contributed by atoms with Crippen LogP contribution < -0.4 is 20.1 Å². The van der Waals surface area contributed by atoms with E-state index in [0.717, 1.165) is 22.5 Å². The molecule has 1 heterocycles. The normalized spacial score (nSPS) is 12.7. The number of benzene rings is 1. The Hall–Kier alpha value is -1.76. The van der Waals surface area contributed by atoms with Crippen LogP contribution in [0.2, 0.25) is 0 Å². The molecule has 0 bridgehead atoms. The van der Waals surface area contributed by atoms with Gasteiger partial charge in [-0.3, -0.25) is 0 Å². The van der Waals surface area contributed by atoms with E-state index in [1.165, 1.54) is 0 Å². The van der Waals surface area contributed by atoms with Crippen LogP contribution in [0.3, 0.4) is 0 Å². The molecule has 2 aromatic rings. The van der Waals surface area contributed by atoms with Crippen LogP contribution in [0.4, 0.5) is 13.2 Å². The smallest absolute Gasteiger partial charge is 0.434 e. The second kappa shape index (κ2) is 12.1. The number of hydrogen-bond acceptors (Lipinski definition) is 5. The lowest BCUT2D eigenvalue weighted by molar-refractivity contribution is -0.140. The molecule has 1 unspecified atom stereocenters. The Morgan fingerprint density at radius 2 is 1.86 bits per heavy atom. The Balaban J connectivity index is 0.00000420. The topological polar surface area (TPSA) is 67.8 Å². The van der Waals surface area contributed by atoms with Crippen molar-refractivity contribution in [2.24, 2.45) is 4.99 Å². The fraction of sp³-hybridized carbons (Fsp3) is 0.444. The zero-order chi connectivity index (χ0) is 20.6. The van der Waals surface area contributed by atoms with Gasteiger partial charge in [0.15, 0.2) is 11.7 Å². The summed E-state index contributed by atoms with van der Waals surface area (Å²) in [6.45, 7) is 4.94. The molecule has 2 rings (SSSR count). The van der Waals surface area contributed by atoms with Gasteiger partial charge in [0.05, 0.1) is 20.2 Å². The number of thiazole rings is 1. The predicted molar refractivity (Wildman–Crippen MR) is 118 cm³/mol. The number of nitrogens with one attached hydrogen (secondary N) is 2. The van der Waals surface area contributed by atoms with E-state index in [1.807, 2.05) is 38.1 Å². The summed E-state index contributed by atoms with van der Waals surface area (Å²) in [6.07, 6.45) is -4.59. The predicted octanol–water partition coefficient (Wildman–Crippen LogP) is 4.31. The van der Waals surface area contributed by atoms with Crippen molar-refractivity contribution in [3.05, 3.63) is 40.3 Å². The summed E-state index contributed by atoms with van der Waals surface area (Å²) in [6, 6.07) is 7.25. The van der Waals surface area contributed by atoms with Crippen molar-refractivity contribution in [1.29, 1.82) is 0 Å². The van der Waals surface area contributed by atoms with Gasteiger partial charge in [-0.1, -0.05) is 0 Å². The summed E-state index contributed by atoms with van der Waals surface area (Å²) in [7, 11) is 1.60. The number of nitrogens with zero attached hydrogens (tertiary/aromatic N) is 2. The van der Waals surface area contributed by atoms with E-state index in [1.54, 1.807) is 7.11 Å². The Kier molecular flexibility index (Phi) is 10.5. The molecule has 0 saturated carbocycles. The number of aliphatic imine (C=N–C) groups is 1. The fourth-order valence-electron chi connectivity index (χ4n) is 2.17. The minimum absolute atomic E-state index is 0. The maximum absolute atomic E-state index is 12.6. The standard InChI is InChI=1S/C18H23F3N4O2S.HI/c1-4-22-17(24-10-16-25-15(11-28-16)18(19,20)21)23-9-12(2)27-14-7-5-13(26-3)6-8-14;/h5-8,11-12H,4,9-10H2,1-3H3,(H2,22,23,24);1H. The molecular formula is C18H24F3IN4O2S. The number of ether oxygens (including phenoxy) is 2. The van der Waals surface area contributed by atoms with Gasteiger partial charge >= 0.3 is 6.18 Å². The van der Waals surface area contributed by atoms with Crippen LogP contribution in [0.5, 0.6) is 11.5 Å². The highest BCUT2D eigenvalue weighted by Gasteiger charge is 2.33. The minimum Gasteiger partial charge on any atom is -0.497 e. The molecule has 11 heteroatoms. The van der Waals surface area contributed by atoms with Crippen LogP contribution in [-0.4, -0.2) is 37.2 Å². The molecule has 1 aromatic carbocycles. The molecule has 2 N–H and O–H groups in total. The molecule has 1 aromatic heterocycles. The first kappa shape index (κ1) is 25.3. The van der Waals surface area contributed by atoms with Crippen LogP contribution in [0.1, 0.15) is 24.5 Å². The van der Waals surface area contributed by atoms with Crippen LogP contribution in [0.25, 0.3) is 0 Å². The number of aromatic nitrogens is 1. The zero-order valence-corrected chi connectivity index (χ0v) is 19.4. The van der Waals surface area contributed by atoms with Crippen LogP contribution in [0.15, 0.2) is 34.6 Å². The van der Waals surface area contributed by atoms with E-state index < -0.39 is 11.9 Å². The number of alkyl halides is 3. The molecule has 0 aliphatic rings. The SMILES string of the molecule is CCNC(=NCc1nc(C(F)(F)F)cs1)NCC(C)Oc1ccc(OC)cc1.I. The average Bonchev–Trinajstić information content (AvgIpc) is 3.14. The van der Waals surface area contributed by atoms with Gasteiger partial charge in [-0.05, 0) is 38.1 Å². The van der Waals surface area contributed by atoms with E-state index in [9.17, 15) is 13.2 Å². The van der Waals surface area contributed by atoms with Gasteiger partial charge in [-0.2, -0.15) is 13.2 Å². The molecular weight excluding hydrogens is 520 g/mol. The maximum atomic E-state index is 12.6. The van der Waals surface area contributed by atoms with Gasteiger partial charge < -0.3 is 20.1 Å². The van der Waals surface area contributed by atoms with Crippen molar-refractivity contribution in [2.45, 2.75) is 32.7 Å². The summed E-state index contributed by atoms with van der Waals surface area (Å²) in [5, 5.41) is 7.45. The van der Waals surface area contributed by atoms with Crippen LogP contribution in [0, 0.1) is 0 Å². The van der Waals surface area contributed by atoms with Gasteiger partial charge in [-0.15, -0.1) is 35.3 Å². The van der Waals surface area contributed by atoms with Gasteiger partial charge in [0.2, 0.25) is 0 Å². The molecule has 0 spiro atoms. The lowest BCUT2D eigenvalue weighted by Gasteiger charge is -2.17. The largest absolute Gasteiger partial charge is 0.497 e. The maximum Gasteiger partial charge on any atom is 0.434 e. The van der Waals surface area contributed by atoms with Crippen LogP contribution >= 0.6 is 35.3 Å². The van der Waals surface area contributed by atoms with Crippen molar-refractivity contribution in [1.82, 2.24) is 15.6 Å². The van der Waals surface area contributed by atoms with Crippen molar-refractivity contribution in [2.75, 3.05) is 20.2 Å². The monoisotopic (exact) mass is 544 g/mol. The first-order valence-electron chi connectivity index (χ1n) is 8.66. The highest BCUT2D eigenvalue weighted by molar-refractivity contribution is 14.0. The molecule has 162 valence electrons. The highest BCUT2D eigenvalue weighted by Crippen LogP contribution is 2.30. The summed E-state index contributed by atoms with van der Waals surface area (Å²) in [5.74, 6) is 1.94. The van der Waals surface area contributed by atoms with Crippen molar-refractivity contribution in [3.8, 4) is 11.5 Å². The molecule has 0 fully saturated rings. The van der Waals surface area contributed by atoms with Gasteiger partial charge in [0, 0.05) is 11.9 Å². The first-order chi connectivity index (χ1) is 13.3. The minimum atomic E-state index is -4.44. The molecule has 0 amide bonds. The second-order valence-corrected chi connectivity index (χ2v) is 6.75. The Bertz CT molecular complexity index is 769. The van der Waals surface area contributed by atoms with Gasteiger partial charge in [0.1, 0.15) is 22.6 Å². The molecule has 1 atom stereocenters. The molecule has 0 aliphatic carbocycles. The van der Waals surface area contributed by atoms with Gasteiger partial charge in [0.25, 0.3) is 0 Å². The molecule has 0 aliphatic heterocycles. The van der Waals surface area contributed by atoms with E-state index in [2.05, 4.69) is 20.6 Å². The number of rotatable bonds is 8. The van der Waals surface area contributed by atoms with Crippen molar-refractivity contribution in [3.63, 3.8) is 0 Å². The Morgan fingerprint density at radius 1 is 1.21 bits per heavy atom. The summed E-state index contributed by atoms with van der Waals surface area (Å²) < 4.78 is 48.8. The first-order valence-corrected chi connectivity index (χ1v) is 9.54. The quantitative estimate of drug-likeness (QED) is 0.295. The molecule has 6 nitrogen and oxygen atoms in total. The number of halogens is 4. The number of methoxy groups -OCH3 is 1. The molecule has 0 radical (unpaired) electrons. The summed E-state index contributed by atoms with van der Waals surface area (Å²) in [4.78, 5) is 7.86. The van der Waals surface area contributed by atoms with E-state index >= 15 is 0 Å². The second-order valence-electron chi connectivity index (χ2n) is 5.80. The average molecular weight is 544 g/mol. The molecule has 29 heavy (non-hydrogen) atoms. The molecule has 0 saturated heterocycles. The van der Waals surface area contributed by atoms with Gasteiger partial charge in [-0.25, -0.2) is 9.98 Å². The van der Waals surface area contributed by atoms with Crippen LogP contribution in [-0.2, 0) is 12.7 Å². The summed E-state index contributed by atoms with van der Waals surface area (Å²) >= 11 is 0.937. The third-order valence-corrected chi connectivity index (χ3v) is 4.35. The van der Waals surface area contributed by atoms with E-state index in [4.69, 9.17) is 9.47 Å². The highest BCUT2D eigenvalue weighted by atomic mass is 127. The zero-order valence-electron chi connectivity index (χ0n) is 16.2. The lowest BCUT2D eigenvalue weighted by atomic mass is 10.3. The number of hydrogen-bond donors (Lipinski definition) is 2.